The van der Waals surface area contributed by atoms with Crippen molar-refractivity contribution in [1.29, 1.82) is 0 Å². The lowest BCUT2D eigenvalue weighted by atomic mass is 9.77. The minimum absolute atomic E-state index is 0.0475. The first-order valence-electron chi connectivity index (χ1n) is 18.0. The highest BCUT2D eigenvalue weighted by Gasteiger charge is 2.61. The van der Waals surface area contributed by atoms with Crippen LogP contribution in [0.15, 0.2) is 37.1 Å². The van der Waals surface area contributed by atoms with E-state index in [-0.39, 0.29) is 50.5 Å². The molecule has 4 aliphatic rings. The number of fused-ring (bicyclic) bond motifs is 3. The number of cyclic esters (lactones) is 1. The summed E-state index contributed by atoms with van der Waals surface area (Å²) in [4.78, 5) is 61.6. The van der Waals surface area contributed by atoms with E-state index in [1.54, 1.807) is 19.4 Å². The Balaban J connectivity index is 1.35. The van der Waals surface area contributed by atoms with Gasteiger partial charge < -0.3 is 19.1 Å². The summed E-state index contributed by atoms with van der Waals surface area (Å²) in [6.07, 6.45) is 6.66. The first-order valence-corrected chi connectivity index (χ1v) is 19.5. The van der Waals surface area contributed by atoms with Crippen LogP contribution in [0.3, 0.4) is 0 Å². The van der Waals surface area contributed by atoms with E-state index in [0.717, 1.165) is 35.6 Å². The number of sulfonamides is 1. The minimum Gasteiger partial charge on any atom is -0.496 e. The smallest absolute Gasteiger partial charge is 0.306 e. The number of pyridine rings is 1. The zero-order chi connectivity index (χ0) is 36.7. The van der Waals surface area contributed by atoms with Crippen molar-refractivity contribution in [3.05, 3.63) is 42.6 Å². The van der Waals surface area contributed by atoms with Gasteiger partial charge in [-0.05, 0) is 80.0 Å². The zero-order valence-corrected chi connectivity index (χ0v) is 30.8. The topological polar surface area (TPSA) is 158 Å². The van der Waals surface area contributed by atoms with Gasteiger partial charge in [-0.25, -0.2) is 13.4 Å². The van der Waals surface area contributed by atoms with E-state index in [1.807, 2.05) is 39.0 Å². The second kappa shape index (κ2) is 14.2. The molecule has 2 aliphatic heterocycles. The van der Waals surface area contributed by atoms with Gasteiger partial charge in [0.05, 0.1) is 49.3 Å². The fraction of sp³-hybridized carbons (Fsp3) is 0.605. The molecule has 0 radical (unpaired) electrons. The number of carbonyl (C=O) groups is 4. The number of nitrogens with one attached hydrogen (secondary N) is 1. The Morgan fingerprint density at radius 1 is 1.16 bits per heavy atom. The number of ketones is 1. The van der Waals surface area contributed by atoms with Crippen LogP contribution in [0.4, 0.5) is 0 Å². The molecule has 13 heteroatoms. The van der Waals surface area contributed by atoms with Gasteiger partial charge in [-0.2, -0.15) is 0 Å². The molecule has 1 N–H and O–H groups in total. The Kier molecular flexibility index (Phi) is 10.2. The Hall–Kier alpha value is -4.00. The summed E-state index contributed by atoms with van der Waals surface area (Å²) in [7, 11) is -2.23. The average molecular weight is 724 g/mol. The fourth-order valence-corrected chi connectivity index (χ4v) is 8.96. The Labute approximate surface area is 299 Å². The van der Waals surface area contributed by atoms with Gasteiger partial charge in [-0.15, -0.1) is 6.58 Å². The maximum absolute atomic E-state index is 14.5. The highest BCUT2D eigenvalue weighted by atomic mass is 32.2. The van der Waals surface area contributed by atoms with Crippen molar-refractivity contribution in [2.45, 2.75) is 102 Å². The van der Waals surface area contributed by atoms with Crippen LogP contribution in [0, 0.1) is 22.7 Å². The van der Waals surface area contributed by atoms with Gasteiger partial charge >= 0.3 is 5.97 Å². The molecule has 1 aromatic carbocycles. The Morgan fingerprint density at radius 3 is 2.59 bits per heavy atom. The van der Waals surface area contributed by atoms with Crippen LogP contribution in [0.5, 0.6) is 11.6 Å². The van der Waals surface area contributed by atoms with Gasteiger partial charge in [0.1, 0.15) is 11.9 Å². The fourth-order valence-electron chi connectivity index (χ4n) is 7.57. The van der Waals surface area contributed by atoms with E-state index < -0.39 is 62.0 Å². The molecule has 3 heterocycles. The van der Waals surface area contributed by atoms with Crippen molar-refractivity contribution in [3.8, 4) is 11.6 Å². The number of allylic oxidation sites excluding steroid dienone is 1. The second-order valence-electron chi connectivity index (χ2n) is 15.7. The molecule has 2 saturated carbocycles. The first-order chi connectivity index (χ1) is 24.2. The zero-order valence-electron chi connectivity index (χ0n) is 29.9. The third-order valence-corrected chi connectivity index (χ3v) is 12.7. The van der Waals surface area contributed by atoms with Crippen LogP contribution in [-0.2, 0) is 40.4 Å². The number of hydrogen-bond acceptors (Lipinski definition) is 10. The van der Waals surface area contributed by atoms with E-state index in [9.17, 15) is 27.6 Å². The monoisotopic (exact) mass is 723 g/mol. The molecule has 6 rings (SSSR count). The predicted molar refractivity (Wildman–Crippen MR) is 189 cm³/mol. The van der Waals surface area contributed by atoms with E-state index >= 15 is 0 Å². The van der Waals surface area contributed by atoms with Crippen LogP contribution in [0.25, 0.3) is 10.8 Å². The quantitative estimate of drug-likeness (QED) is 0.300. The summed E-state index contributed by atoms with van der Waals surface area (Å²) in [5, 5.41) is 0.966. The van der Waals surface area contributed by atoms with Crippen LogP contribution in [-0.4, -0.2) is 79.5 Å². The standard InChI is InChI=1S/C38H49N3O9S/c1-6-24-20-38(24,36(45)40-51(46,47)26-11-12-26)21-31(42)30-18-25-22-41(30)35(44)29(37(2,3)4)19-33(43)49-15-9-7-8-10-23-16-28-27(32(17-23)48-5)13-14-39-34(28)50-25/h6,13-14,16-17,24-26,29-30H,1,7-12,15,18-22H2,2-5H3,(H,40,45)/t24-,25-,29-,30+,38-/m1/s1. The van der Waals surface area contributed by atoms with Gasteiger partial charge in [0.15, 0.2) is 5.78 Å². The van der Waals surface area contributed by atoms with Crippen molar-refractivity contribution in [1.82, 2.24) is 14.6 Å². The van der Waals surface area contributed by atoms with Crippen molar-refractivity contribution in [3.63, 3.8) is 0 Å². The molecule has 51 heavy (non-hydrogen) atoms. The molecular weight excluding hydrogens is 674 g/mol. The van der Waals surface area contributed by atoms with Crippen molar-refractivity contribution < 1.29 is 41.8 Å². The minimum atomic E-state index is -3.84. The summed E-state index contributed by atoms with van der Waals surface area (Å²) in [5.74, 6) is -2.12. The molecule has 12 nitrogen and oxygen atoms in total. The van der Waals surface area contributed by atoms with E-state index in [2.05, 4.69) is 16.3 Å². The molecule has 0 unspecified atom stereocenters. The van der Waals surface area contributed by atoms with E-state index in [1.165, 1.54) is 4.90 Å². The summed E-state index contributed by atoms with van der Waals surface area (Å²) in [5.41, 5.74) is -0.901. The molecule has 1 aromatic heterocycles. The number of esters is 1. The average Bonchev–Trinajstić information content (AvgIpc) is 4.00. The molecule has 0 spiro atoms. The number of aryl methyl sites for hydroxylation is 1. The molecule has 2 aromatic rings. The molecule has 2 amide bonds. The SMILES string of the molecule is C=C[C@@H]1C[C@]1(CC(=O)[C@@H]1C[C@@H]2CN1C(=O)[C@H](C(C)(C)C)CC(=O)OCCCCCc1cc(OC)c3ccnc(c3c1)O2)C(=O)NS(=O)(=O)C1CC1. The molecule has 1 saturated heterocycles. The van der Waals surface area contributed by atoms with Crippen LogP contribution in [0.2, 0.25) is 0 Å². The highest BCUT2D eigenvalue weighted by molar-refractivity contribution is 7.90. The second-order valence-corrected chi connectivity index (χ2v) is 17.6. The highest BCUT2D eigenvalue weighted by Crippen LogP contribution is 2.57. The summed E-state index contributed by atoms with van der Waals surface area (Å²) in [6, 6.07) is 4.90. The third-order valence-electron chi connectivity index (χ3n) is 10.9. The lowest BCUT2D eigenvalue weighted by Crippen LogP contribution is -2.48. The van der Waals surface area contributed by atoms with Gasteiger partial charge in [-0.1, -0.05) is 26.8 Å². The van der Waals surface area contributed by atoms with Crippen LogP contribution in [0.1, 0.15) is 84.1 Å². The Morgan fingerprint density at radius 2 is 1.92 bits per heavy atom. The van der Waals surface area contributed by atoms with Crippen molar-refractivity contribution >= 4 is 44.4 Å². The van der Waals surface area contributed by atoms with Crippen LogP contribution >= 0.6 is 0 Å². The maximum Gasteiger partial charge on any atom is 0.306 e. The van der Waals surface area contributed by atoms with Crippen LogP contribution < -0.4 is 14.2 Å². The maximum atomic E-state index is 14.5. The molecule has 4 bridgehead atoms. The molecule has 2 aliphatic carbocycles. The van der Waals surface area contributed by atoms with E-state index in [4.69, 9.17) is 14.2 Å². The number of hydrogen-bond donors (Lipinski definition) is 1. The summed E-state index contributed by atoms with van der Waals surface area (Å²) >= 11 is 0. The lowest BCUT2D eigenvalue weighted by molar-refractivity contribution is -0.153. The molecular formula is C38H49N3O9S. The number of carbonyl (C=O) groups excluding carboxylic acids is 4. The first kappa shape index (κ1) is 36.8. The number of aromatic nitrogens is 1. The normalized spacial score (nSPS) is 27.6. The predicted octanol–water partition coefficient (Wildman–Crippen LogP) is 4.67. The van der Waals surface area contributed by atoms with E-state index in [0.29, 0.717) is 30.9 Å². The molecule has 276 valence electrons. The summed E-state index contributed by atoms with van der Waals surface area (Å²) < 4.78 is 45.5. The molecule has 5 atom stereocenters. The van der Waals surface area contributed by atoms with Crippen molar-refractivity contribution in [2.24, 2.45) is 22.7 Å². The molecule has 3 fully saturated rings. The number of rotatable bonds is 8. The largest absolute Gasteiger partial charge is 0.496 e. The number of benzene rings is 1. The Bertz CT molecular complexity index is 1830. The van der Waals surface area contributed by atoms with Gasteiger partial charge in [0, 0.05) is 29.8 Å². The van der Waals surface area contributed by atoms with Gasteiger partial charge in [0.25, 0.3) is 0 Å². The lowest BCUT2D eigenvalue weighted by Gasteiger charge is -2.34. The summed E-state index contributed by atoms with van der Waals surface area (Å²) in [6.45, 7) is 9.73. The number of methoxy groups -OCH3 is 1. The number of Topliss-reactive ketones (excluding diaryl/α,β-unsaturated/α-hetero) is 1. The number of nitrogens with zero attached hydrogens (tertiary/aromatic N) is 2. The number of amides is 2. The van der Waals surface area contributed by atoms with Gasteiger partial charge in [-0.3, -0.25) is 23.9 Å². The third kappa shape index (κ3) is 7.78. The van der Waals surface area contributed by atoms with Crippen molar-refractivity contribution in [2.75, 3.05) is 20.3 Å². The van der Waals surface area contributed by atoms with Gasteiger partial charge in [0.2, 0.25) is 27.7 Å². The number of ether oxygens (including phenoxy) is 3.